The SMILES string of the molecule is C/C=C\C(=C/C)OCOC. The van der Waals surface area contributed by atoms with Gasteiger partial charge in [0.05, 0.1) is 0 Å². The van der Waals surface area contributed by atoms with Crippen LogP contribution in [0.2, 0.25) is 0 Å². The molecule has 0 rings (SSSR count). The zero-order valence-electron chi connectivity index (χ0n) is 6.76. The molecule has 0 fully saturated rings. The van der Waals surface area contributed by atoms with Crippen LogP contribution in [0.3, 0.4) is 0 Å². The second-order valence-corrected chi connectivity index (χ2v) is 1.74. The van der Waals surface area contributed by atoms with Crippen LogP contribution in [0.15, 0.2) is 24.0 Å². The Hall–Kier alpha value is -0.760. The van der Waals surface area contributed by atoms with Gasteiger partial charge >= 0.3 is 0 Å². The first-order valence-corrected chi connectivity index (χ1v) is 3.26. The smallest absolute Gasteiger partial charge is 0.188 e. The maximum absolute atomic E-state index is 5.13. The molecule has 0 radical (unpaired) electrons. The van der Waals surface area contributed by atoms with Crippen LogP contribution in [0.1, 0.15) is 13.8 Å². The lowest BCUT2D eigenvalue weighted by molar-refractivity contribution is 0.00991. The first-order valence-electron chi connectivity index (χ1n) is 3.26. The molecular formula is C8H14O2. The third kappa shape index (κ3) is 4.15. The summed E-state index contributed by atoms with van der Waals surface area (Å²) in [6, 6.07) is 0. The monoisotopic (exact) mass is 142 g/mol. The Labute approximate surface area is 62.1 Å². The molecule has 2 heteroatoms. The Bertz CT molecular complexity index is 125. The van der Waals surface area contributed by atoms with Crippen LogP contribution in [0.25, 0.3) is 0 Å². The first kappa shape index (κ1) is 9.24. The van der Waals surface area contributed by atoms with E-state index in [1.807, 2.05) is 32.1 Å². The van der Waals surface area contributed by atoms with E-state index in [-0.39, 0.29) is 0 Å². The van der Waals surface area contributed by atoms with E-state index in [2.05, 4.69) is 0 Å². The van der Waals surface area contributed by atoms with E-state index in [1.54, 1.807) is 7.11 Å². The van der Waals surface area contributed by atoms with Crippen molar-refractivity contribution in [3.05, 3.63) is 24.0 Å². The average Bonchev–Trinajstić information content (AvgIpc) is 1.98. The highest BCUT2D eigenvalue weighted by atomic mass is 16.7. The summed E-state index contributed by atoms with van der Waals surface area (Å²) in [4.78, 5) is 0. The van der Waals surface area contributed by atoms with Gasteiger partial charge in [-0.15, -0.1) is 0 Å². The highest BCUT2D eigenvalue weighted by molar-refractivity contribution is 5.09. The van der Waals surface area contributed by atoms with E-state index < -0.39 is 0 Å². The third-order valence-corrected chi connectivity index (χ3v) is 0.959. The van der Waals surface area contributed by atoms with Gasteiger partial charge < -0.3 is 9.47 Å². The van der Waals surface area contributed by atoms with Gasteiger partial charge in [-0.3, -0.25) is 0 Å². The van der Waals surface area contributed by atoms with Crippen LogP contribution in [-0.4, -0.2) is 13.9 Å². The summed E-state index contributed by atoms with van der Waals surface area (Å²) in [5.41, 5.74) is 0. The number of hydrogen-bond donors (Lipinski definition) is 0. The Morgan fingerprint density at radius 1 is 1.40 bits per heavy atom. The molecule has 0 aliphatic heterocycles. The molecule has 10 heavy (non-hydrogen) atoms. The van der Waals surface area contributed by atoms with Gasteiger partial charge in [0.25, 0.3) is 0 Å². The fourth-order valence-electron chi connectivity index (χ4n) is 0.519. The van der Waals surface area contributed by atoms with E-state index in [1.165, 1.54) is 0 Å². The van der Waals surface area contributed by atoms with Crippen LogP contribution in [0, 0.1) is 0 Å². The van der Waals surface area contributed by atoms with Gasteiger partial charge in [0.1, 0.15) is 5.76 Å². The minimum atomic E-state index is 0.310. The quantitative estimate of drug-likeness (QED) is 0.340. The summed E-state index contributed by atoms with van der Waals surface area (Å²) < 4.78 is 9.86. The summed E-state index contributed by atoms with van der Waals surface area (Å²) >= 11 is 0. The molecule has 2 nitrogen and oxygen atoms in total. The predicted octanol–water partition coefficient (Wildman–Crippen LogP) is 2.09. The number of hydrogen-bond acceptors (Lipinski definition) is 2. The lowest BCUT2D eigenvalue weighted by atomic mass is 10.4. The van der Waals surface area contributed by atoms with Crippen molar-refractivity contribution >= 4 is 0 Å². The fourth-order valence-corrected chi connectivity index (χ4v) is 0.519. The average molecular weight is 142 g/mol. The molecule has 58 valence electrons. The van der Waals surface area contributed by atoms with Crippen molar-refractivity contribution in [1.82, 2.24) is 0 Å². The van der Waals surface area contributed by atoms with Gasteiger partial charge in [-0.05, 0) is 26.0 Å². The number of rotatable bonds is 4. The van der Waals surface area contributed by atoms with E-state index in [9.17, 15) is 0 Å². The molecule has 0 amide bonds. The Morgan fingerprint density at radius 2 is 2.10 bits per heavy atom. The molecule has 0 aliphatic carbocycles. The molecule has 0 spiro atoms. The van der Waals surface area contributed by atoms with Gasteiger partial charge in [-0.25, -0.2) is 0 Å². The minimum Gasteiger partial charge on any atom is -0.468 e. The van der Waals surface area contributed by atoms with Crippen LogP contribution < -0.4 is 0 Å². The highest BCUT2D eigenvalue weighted by Crippen LogP contribution is 1.98. The van der Waals surface area contributed by atoms with Crippen molar-refractivity contribution in [2.45, 2.75) is 13.8 Å². The van der Waals surface area contributed by atoms with Gasteiger partial charge in [0.2, 0.25) is 0 Å². The summed E-state index contributed by atoms with van der Waals surface area (Å²) in [6.07, 6.45) is 5.70. The maximum atomic E-state index is 5.13. The summed E-state index contributed by atoms with van der Waals surface area (Å²) in [5, 5.41) is 0. The van der Waals surface area contributed by atoms with Gasteiger partial charge in [0.15, 0.2) is 6.79 Å². The maximum Gasteiger partial charge on any atom is 0.188 e. The number of methoxy groups -OCH3 is 1. The largest absolute Gasteiger partial charge is 0.468 e. The molecule has 0 unspecified atom stereocenters. The minimum absolute atomic E-state index is 0.310. The van der Waals surface area contributed by atoms with Crippen LogP contribution in [0.5, 0.6) is 0 Å². The number of ether oxygens (including phenoxy) is 2. The van der Waals surface area contributed by atoms with Crippen molar-refractivity contribution in [2.24, 2.45) is 0 Å². The highest BCUT2D eigenvalue weighted by Gasteiger charge is 1.86. The Morgan fingerprint density at radius 3 is 2.50 bits per heavy atom. The van der Waals surface area contributed by atoms with E-state index in [4.69, 9.17) is 9.47 Å². The standard InChI is InChI=1S/C8H14O2/c1-4-6-8(5-2)10-7-9-3/h4-6H,7H2,1-3H3/b6-4-,8-5+. The van der Waals surface area contributed by atoms with Gasteiger partial charge in [-0.2, -0.15) is 0 Å². The Balaban J connectivity index is 3.62. The lowest BCUT2D eigenvalue weighted by Gasteiger charge is -2.03. The fraction of sp³-hybridized carbons (Fsp3) is 0.500. The first-order chi connectivity index (χ1) is 4.85. The molecule has 0 saturated carbocycles. The summed E-state index contributed by atoms with van der Waals surface area (Å²) in [5.74, 6) is 0.837. The van der Waals surface area contributed by atoms with Crippen molar-refractivity contribution < 1.29 is 9.47 Å². The Kier molecular flexibility index (Phi) is 5.88. The molecule has 0 N–H and O–H groups in total. The lowest BCUT2D eigenvalue weighted by Crippen LogP contribution is -1.93. The van der Waals surface area contributed by atoms with Crippen LogP contribution in [-0.2, 0) is 9.47 Å². The second kappa shape index (κ2) is 6.36. The molecule has 0 atom stereocenters. The molecule has 0 bridgehead atoms. The van der Waals surface area contributed by atoms with Gasteiger partial charge in [-0.1, -0.05) is 6.08 Å². The molecule has 0 saturated heterocycles. The zero-order valence-corrected chi connectivity index (χ0v) is 6.76. The summed E-state index contributed by atoms with van der Waals surface area (Å²) in [7, 11) is 1.60. The van der Waals surface area contributed by atoms with E-state index in [0.29, 0.717) is 6.79 Å². The predicted molar refractivity (Wildman–Crippen MR) is 41.5 cm³/mol. The van der Waals surface area contributed by atoms with Crippen molar-refractivity contribution in [1.29, 1.82) is 0 Å². The number of allylic oxidation sites excluding steroid dienone is 3. The van der Waals surface area contributed by atoms with Crippen molar-refractivity contribution in [2.75, 3.05) is 13.9 Å². The molecule has 0 aromatic carbocycles. The van der Waals surface area contributed by atoms with Crippen molar-refractivity contribution in [3.63, 3.8) is 0 Å². The summed E-state index contributed by atoms with van der Waals surface area (Å²) in [6.45, 7) is 4.18. The van der Waals surface area contributed by atoms with Gasteiger partial charge in [0, 0.05) is 7.11 Å². The molecule has 0 aliphatic rings. The van der Waals surface area contributed by atoms with E-state index >= 15 is 0 Å². The normalized spacial score (nSPS) is 12.5. The molecule has 0 aromatic heterocycles. The zero-order chi connectivity index (χ0) is 7.82. The third-order valence-electron chi connectivity index (χ3n) is 0.959. The topological polar surface area (TPSA) is 18.5 Å². The van der Waals surface area contributed by atoms with E-state index in [0.717, 1.165) is 5.76 Å². The second-order valence-electron chi connectivity index (χ2n) is 1.74. The van der Waals surface area contributed by atoms with Crippen molar-refractivity contribution in [3.8, 4) is 0 Å². The molecule has 0 heterocycles. The molecular weight excluding hydrogens is 128 g/mol. The molecule has 0 aromatic rings. The van der Waals surface area contributed by atoms with Crippen LogP contribution in [0.4, 0.5) is 0 Å². The van der Waals surface area contributed by atoms with Crippen LogP contribution >= 0.6 is 0 Å².